The summed E-state index contributed by atoms with van der Waals surface area (Å²) in [5, 5.41) is 3.00. The molecule has 4 heteroatoms. The number of nitrogens with one attached hydrogen (secondary N) is 2. The third kappa shape index (κ3) is 4.06. The molecule has 1 heterocycles. The third-order valence-electron chi connectivity index (χ3n) is 3.89. The average Bonchev–Trinajstić information content (AvgIpc) is 2.87. The van der Waals surface area contributed by atoms with E-state index in [1.54, 1.807) is 0 Å². The Balaban J connectivity index is 1.95. The Morgan fingerprint density at radius 1 is 1.38 bits per heavy atom. The number of aromatic nitrogens is 2. The Hall–Kier alpha value is -1.84. The van der Waals surface area contributed by atoms with Crippen molar-refractivity contribution in [1.82, 2.24) is 15.3 Å². The lowest BCUT2D eigenvalue weighted by atomic mass is 9.98. The number of rotatable bonds is 7. The molecule has 0 aliphatic carbocycles. The Morgan fingerprint density at radius 3 is 2.90 bits per heavy atom. The van der Waals surface area contributed by atoms with Crippen LogP contribution in [0.15, 0.2) is 18.2 Å². The summed E-state index contributed by atoms with van der Waals surface area (Å²) in [6, 6.07) is 6.12. The van der Waals surface area contributed by atoms with Crippen molar-refractivity contribution in [2.45, 2.75) is 53.0 Å². The molecule has 1 aromatic heterocycles. The number of nitrogens with zero attached hydrogens (tertiary/aromatic N) is 1. The van der Waals surface area contributed by atoms with E-state index in [0.29, 0.717) is 6.54 Å². The van der Waals surface area contributed by atoms with Crippen molar-refractivity contribution >= 4 is 16.9 Å². The predicted octanol–water partition coefficient (Wildman–Crippen LogP) is 3.70. The second-order valence-electron chi connectivity index (χ2n) is 5.67. The molecule has 0 saturated heterocycles. The van der Waals surface area contributed by atoms with Gasteiger partial charge in [-0.2, -0.15) is 0 Å². The van der Waals surface area contributed by atoms with Crippen LogP contribution in [-0.2, 0) is 11.3 Å². The van der Waals surface area contributed by atoms with Gasteiger partial charge in [-0.15, -0.1) is 0 Å². The summed E-state index contributed by atoms with van der Waals surface area (Å²) >= 11 is 0. The second kappa shape index (κ2) is 7.25. The highest BCUT2D eigenvalue weighted by molar-refractivity contribution is 5.79. The van der Waals surface area contributed by atoms with E-state index >= 15 is 0 Å². The maximum Gasteiger partial charge on any atom is 0.223 e. The fourth-order valence-corrected chi connectivity index (χ4v) is 2.55. The lowest BCUT2D eigenvalue weighted by molar-refractivity contribution is -0.125. The lowest BCUT2D eigenvalue weighted by Gasteiger charge is -2.13. The van der Waals surface area contributed by atoms with Crippen molar-refractivity contribution in [1.29, 1.82) is 0 Å². The first-order valence-electron chi connectivity index (χ1n) is 7.87. The summed E-state index contributed by atoms with van der Waals surface area (Å²) in [6.45, 7) is 6.75. The van der Waals surface area contributed by atoms with Gasteiger partial charge in [0.1, 0.15) is 5.82 Å². The molecule has 0 fully saturated rings. The van der Waals surface area contributed by atoms with Gasteiger partial charge in [-0.05, 0) is 37.5 Å². The number of hydrogen-bond donors (Lipinski definition) is 2. The topological polar surface area (TPSA) is 57.8 Å². The van der Waals surface area contributed by atoms with E-state index in [2.05, 4.69) is 42.1 Å². The van der Waals surface area contributed by atoms with Crippen LogP contribution in [0.1, 0.15) is 50.9 Å². The van der Waals surface area contributed by atoms with Crippen molar-refractivity contribution in [3.05, 3.63) is 29.6 Å². The number of carbonyl (C=O) groups excluding carboxylic acids is 1. The molecule has 2 aromatic rings. The molecule has 1 aromatic carbocycles. The molecule has 0 spiro atoms. The molecule has 0 radical (unpaired) electrons. The molecule has 1 unspecified atom stereocenters. The monoisotopic (exact) mass is 287 g/mol. The molecule has 4 nitrogen and oxygen atoms in total. The molecular formula is C17H25N3O. The van der Waals surface area contributed by atoms with Gasteiger partial charge in [-0.1, -0.05) is 32.8 Å². The number of hydrogen-bond acceptors (Lipinski definition) is 2. The molecule has 1 atom stereocenters. The first-order chi connectivity index (χ1) is 10.1. The van der Waals surface area contributed by atoms with E-state index in [9.17, 15) is 4.79 Å². The normalized spacial score (nSPS) is 12.5. The van der Waals surface area contributed by atoms with Crippen LogP contribution in [0.4, 0.5) is 0 Å². The highest BCUT2D eigenvalue weighted by Crippen LogP contribution is 2.15. The number of carbonyl (C=O) groups is 1. The van der Waals surface area contributed by atoms with E-state index in [-0.39, 0.29) is 11.8 Å². The second-order valence-corrected chi connectivity index (χ2v) is 5.67. The number of benzene rings is 1. The van der Waals surface area contributed by atoms with Crippen LogP contribution >= 0.6 is 0 Å². The summed E-state index contributed by atoms with van der Waals surface area (Å²) in [5.41, 5.74) is 3.17. The van der Waals surface area contributed by atoms with Crippen LogP contribution < -0.4 is 5.32 Å². The summed E-state index contributed by atoms with van der Waals surface area (Å²) in [5.74, 6) is 1.08. The van der Waals surface area contributed by atoms with Crippen LogP contribution in [0, 0.1) is 12.8 Å². The Kier molecular flexibility index (Phi) is 5.37. The third-order valence-corrected chi connectivity index (χ3v) is 3.89. The SMILES string of the molecule is CCCCC(CC)C(=O)NCc1nc2ccc(C)cc2[nH]1. The molecule has 1 amide bonds. The highest BCUT2D eigenvalue weighted by atomic mass is 16.1. The van der Waals surface area contributed by atoms with Gasteiger partial charge >= 0.3 is 0 Å². The standard InChI is InChI=1S/C17H25N3O/c1-4-6-7-13(5-2)17(21)18-11-16-19-14-9-8-12(3)10-15(14)20-16/h8-10,13H,4-7,11H2,1-3H3,(H,18,21)(H,19,20). The average molecular weight is 287 g/mol. The van der Waals surface area contributed by atoms with Crippen LogP contribution in [0.2, 0.25) is 0 Å². The molecular weight excluding hydrogens is 262 g/mol. The molecule has 2 rings (SSSR count). The smallest absolute Gasteiger partial charge is 0.223 e. The summed E-state index contributed by atoms with van der Waals surface area (Å²) in [6.07, 6.45) is 4.10. The Labute approximate surface area is 126 Å². The summed E-state index contributed by atoms with van der Waals surface area (Å²) in [7, 11) is 0. The van der Waals surface area contributed by atoms with Crippen molar-refractivity contribution in [2.75, 3.05) is 0 Å². The molecule has 0 bridgehead atoms. The summed E-state index contributed by atoms with van der Waals surface area (Å²) in [4.78, 5) is 19.9. The number of imidazole rings is 1. The minimum absolute atomic E-state index is 0.122. The fraction of sp³-hybridized carbons (Fsp3) is 0.529. The quantitative estimate of drug-likeness (QED) is 0.815. The van der Waals surface area contributed by atoms with Crippen molar-refractivity contribution < 1.29 is 4.79 Å². The minimum atomic E-state index is 0.122. The van der Waals surface area contributed by atoms with Gasteiger partial charge < -0.3 is 10.3 Å². The number of unbranched alkanes of at least 4 members (excludes halogenated alkanes) is 1. The summed E-state index contributed by atoms with van der Waals surface area (Å²) < 4.78 is 0. The zero-order valence-corrected chi connectivity index (χ0v) is 13.2. The van der Waals surface area contributed by atoms with E-state index in [1.807, 2.05) is 12.1 Å². The van der Waals surface area contributed by atoms with Crippen molar-refractivity contribution in [3.63, 3.8) is 0 Å². The Morgan fingerprint density at radius 2 is 2.19 bits per heavy atom. The lowest BCUT2D eigenvalue weighted by Crippen LogP contribution is -2.30. The minimum Gasteiger partial charge on any atom is -0.349 e. The number of fused-ring (bicyclic) bond motifs is 1. The molecule has 21 heavy (non-hydrogen) atoms. The molecule has 114 valence electrons. The number of amides is 1. The zero-order valence-electron chi connectivity index (χ0n) is 13.2. The van der Waals surface area contributed by atoms with Gasteiger partial charge in [-0.3, -0.25) is 4.79 Å². The largest absolute Gasteiger partial charge is 0.349 e. The predicted molar refractivity (Wildman–Crippen MR) is 86.0 cm³/mol. The molecule has 0 saturated carbocycles. The molecule has 0 aliphatic heterocycles. The maximum atomic E-state index is 12.2. The van der Waals surface area contributed by atoms with Gasteiger partial charge in [0.25, 0.3) is 0 Å². The number of H-pyrrole nitrogens is 1. The highest BCUT2D eigenvalue weighted by Gasteiger charge is 2.15. The van der Waals surface area contributed by atoms with Gasteiger partial charge in [-0.25, -0.2) is 4.98 Å². The zero-order chi connectivity index (χ0) is 15.2. The van der Waals surface area contributed by atoms with Gasteiger partial charge in [0, 0.05) is 5.92 Å². The Bertz CT molecular complexity index is 603. The van der Waals surface area contributed by atoms with Crippen LogP contribution in [0.25, 0.3) is 11.0 Å². The van der Waals surface area contributed by atoms with Gasteiger partial charge in [0.2, 0.25) is 5.91 Å². The van der Waals surface area contributed by atoms with Crippen molar-refractivity contribution in [3.8, 4) is 0 Å². The van der Waals surface area contributed by atoms with Crippen LogP contribution in [0.5, 0.6) is 0 Å². The van der Waals surface area contributed by atoms with E-state index in [4.69, 9.17) is 0 Å². The first kappa shape index (κ1) is 15.5. The van der Waals surface area contributed by atoms with E-state index in [0.717, 1.165) is 42.5 Å². The molecule has 0 aliphatic rings. The van der Waals surface area contributed by atoms with Crippen molar-refractivity contribution in [2.24, 2.45) is 5.92 Å². The first-order valence-corrected chi connectivity index (χ1v) is 7.87. The van der Waals surface area contributed by atoms with Crippen LogP contribution in [-0.4, -0.2) is 15.9 Å². The number of aromatic amines is 1. The number of aryl methyl sites for hydroxylation is 1. The van der Waals surface area contributed by atoms with E-state index in [1.165, 1.54) is 5.56 Å². The van der Waals surface area contributed by atoms with Gasteiger partial charge in [0.15, 0.2) is 0 Å². The fourth-order valence-electron chi connectivity index (χ4n) is 2.55. The van der Waals surface area contributed by atoms with Crippen LogP contribution in [0.3, 0.4) is 0 Å². The maximum absolute atomic E-state index is 12.2. The van der Waals surface area contributed by atoms with E-state index < -0.39 is 0 Å². The molecule has 2 N–H and O–H groups in total. The van der Waals surface area contributed by atoms with Gasteiger partial charge in [0.05, 0.1) is 17.6 Å².